The Morgan fingerprint density at radius 3 is 2.74 bits per heavy atom. The van der Waals surface area contributed by atoms with Crippen molar-refractivity contribution in [2.75, 3.05) is 25.2 Å². The van der Waals surface area contributed by atoms with Gasteiger partial charge in [-0.05, 0) is 12.3 Å². The number of ether oxygens (including phenoxy) is 2. The zero-order valence-corrected chi connectivity index (χ0v) is 12.0. The molecule has 19 heavy (non-hydrogen) atoms. The van der Waals surface area contributed by atoms with E-state index in [2.05, 4.69) is 36.2 Å². The zero-order valence-electron chi connectivity index (χ0n) is 12.0. The summed E-state index contributed by atoms with van der Waals surface area (Å²) in [6, 6.07) is 1.68. The third-order valence-corrected chi connectivity index (χ3v) is 2.30. The van der Waals surface area contributed by atoms with Crippen molar-refractivity contribution in [1.82, 2.24) is 9.97 Å². The number of hydrogen-bond acceptors (Lipinski definition) is 6. The molecule has 6 nitrogen and oxygen atoms in total. The fourth-order valence-electron chi connectivity index (χ4n) is 1.48. The molecule has 0 unspecified atom stereocenters. The largest absolute Gasteiger partial charge is 0.475 e. The lowest BCUT2D eigenvalue weighted by molar-refractivity contribution is 0.0805. The summed E-state index contributed by atoms with van der Waals surface area (Å²) in [5, 5.41) is 0. The van der Waals surface area contributed by atoms with Crippen LogP contribution in [0, 0.1) is 5.92 Å². The first kappa shape index (κ1) is 15.7. The molecule has 0 amide bonds. The van der Waals surface area contributed by atoms with Crippen LogP contribution in [0.15, 0.2) is 6.07 Å². The van der Waals surface area contributed by atoms with Crippen LogP contribution < -0.4 is 16.0 Å². The number of nitrogens with zero attached hydrogens (tertiary/aromatic N) is 2. The van der Waals surface area contributed by atoms with E-state index in [0.29, 0.717) is 30.8 Å². The van der Waals surface area contributed by atoms with Crippen LogP contribution >= 0.6 is 0 Å². The van der Waals surface area contributed by atoms with Gasteiger partial charge in [0.2, 0.25) is 5.88 Å². The fourth-order valence-corrected chi connectivity index (χ4v) is 1.48. The van der Waals surface area contributed by atoms with Gasteiger partial charge in [0.15, 0.2) is 0 Å². The topological polar surface area (TPSA) is 82.3 Å². The van der Waals surface area contributed by atoms with Gasteiger partial charge in [-0.15, -0.1) is 0 Å². The molecule has 0 radical (unpaired) electrons. The summed E-state index contributed by atoms with van der Waals surface area (Å²) in [4.78, 5) is 8.57. The van der Waals surface area contributed by atoms with E-state index in [4.69, 9.17) is 15.3 Å². The Hall–Kier alpha value is -1.40. The van der Waals surface area contributed by atoms with Gasteiger partial charge in [0.05, 0.1) is 6.61 Å². The summed E-state index contributed by atoms with van der Waals surface area (Å²) in [6.07, 6.45) is 1.78. The number of hydrogen-bond donors (Lipinski definition) is 2. The van der Waals surface area contributed by atoms with E-state index < -0.39 is 0 Å². The molecule has 0 aliphatic carbocycles. The summed E-state index contributed by atoms with van der Waals surface area (Å²) >= 11 is 0. The van der Waals surface area contributed by atoms with Gasteiger partial charge in [-0.2, -0.15) is 4.98 Å². The number of aryl methyl sites for hydroxylation is 1. The number of nitrogens with one attached hydrogen (secondary N) is 1. The van der Waals surface area contributed by atoms with E-state index in [0.717, 1.165) is 25.3 Å². The van der Waals surface area contributed by atoms with Crippen LogP contribution in [0.1, 0.15) is 33.0 Å². The SMILES string of the molecule is CCCc1nc(NN)cc(OCCOCC(C)C)n1. The normalized spacial score (nSPS) is 10.8. The number of rotatable bonds is 9. The molecule has 0 bridgehead atoms. The Bertz CT molecular complexity index is 372. The Labute approximate surface area is 114 Å². The molecule has 1 rings (SSSR count). The Morgan fingerprint density at radius 2 is 2.11 bits per heavy atom. The molecule has 108 valence electrons. The van der Waals surface area contributed by atoms with Gasteiger partial charge in [0.1, 0.15) is 18.2 Å². The van der Waals surface area contributed by atoms with Gasteiger partial charge in [-0.3, -0.25) is 0 Å². The van der Waals surface area contributed by atoms with E-state index >= 15 is 0 Å². The lowest BCUT2D eigenvalue weighted by Gasteiger charge is -2.10. The Morgan fingerprint density at radius 1 is 1.32 bits per heavy atom. The minimum Gasteiger partial charge on any atom is -0.475 e. The number of aromatic nitrogens is 2. The van der Waals surface area contributed by atoms with Crippen molar-refractivity contribution in [2.45, 2.75) is 33.6 Å². The quantitative estimate of drug-likeness (QED) is 0.403. The van der Waals surface area contributed by atoms with Crippen molar-refractivity contribution in [3.8, 4) is 5.88 Å². The van der Waals surface area contributed by atoms with Gasteiger partial charge >= 0.3 is 0 Å². The van der Waals surface area contributed by atoms with E-state index in [-0.39, 0.29) is 0 Å². The molecule has 0 saturated heterocycles. The van der Waals surface area contributed by atoms with Crippen molar-refractivity contribution >= 4 is 5.82 Å². The molecule has 0 saturated carbocycles. The summed E-state index contributed by atoms with van der Waals surface area (Å²) in [7, 11) is 0. The second-order valence-corrected chi connectivity index (χ2v) is 4.72. The van der Waals surface area contributed by atoms with Crippen molar-refractivity contribution in [3.05, 3.63) is 11.9 Å². The fraction of sp³-hybridized carbons (Fsp3) is 0.692. The van der Waals surface area contributed by atoms with Crippen LogP contribution in [-0.2, 0) is 11.2 Å². The highest BCUT2D eigenvalue weighted by molar-refractivity contribution is 5.36. The molecule has 0 aliphatic heterocycles. The first-order valence-corrected chi connectivity index (χ1v) is 6.70. The summed E-state index contributed by atoms with van der Waals surface area (Å²) in [5.41, 5.74) is 2.52. The Balaban J connectivity index is 2.45. The van der Waals surface area contributed by atoms with Gasteiger partial charge in [0, 0.05) is 19.1 Å². The number of anilines is 1. The molecule has 1 heterocycles. The van der Waals surface area contributed by atoms with E-state index in [9.17, 15) is 0 Å². The number of nitrogen functional groups attached to an aromatic ring is 1. The molecule has 3 N–H and O–H groups in total. The molecule has 0 fully saturated rings. The lowest BCUT2D eigenvalue weighted by Crippen LogP contribution is -2.13. The minimum atomic E-state index is 0.472. The van der Waals surface area contributed by atoms with Crippen molar-refractivity contribution in [3.63, 3.8) is 0 Å². The minimum absolute atomic E-state index is 0.472. The zero-order chi connectivity index (χ0) is 14.1. The summed E-state index contributed by atoms with van der Waals surface area (Å²) < 4.78 is 11.0. The second kappa shape index (κ2) is 8.66. The first-order chi connectivity index (χ1) is 9.15. The maximum absolute atomic E-state index is 5.55. The smallest absolute Gasteiger partial charge is 0.218 e. The standard InChI is InChI=1S/C13H24N4O2/c1-4-5-11-15-12(17-14)8-13(16-11)19-7-6-18-9-10(2)3/h8,10H,4-7,9,14H2,1-3H3,(H,15,16,17). The third kappa shape index (κ3) is 6.35. The summed E-state index contributed by atoms with van der Waals surface area (Å²) in [6.45, 7) is 8.06. The van der Waals surface area contributed by atoms with Crippen LogP contribution in [-0.4, -0.2) is 29.8 Å². The van der Waals surface area contributed by atoms with Crippen LogP contribution in [0.2, 0.25) is 0 Å². The molecule has 6 heteroatoms. The van der Waals surface area contributed by atoms with Gasteiger partial charge in [-0.1, -0.05) is 20.8 Å². The monoisotopic (exact) mass is 268 g/mol. The van der Waals surface area contributed by atoms with Gasteiger partial charge in [-0.25, -0.2) is 10.8 Å². The maximum atomic E-state index is 5.55. The first-order valence-electron chi connectivity index (χ1n) is 6.70. The molecule has 0 aromatic carbocycles. The van der Waals surface area contributed by atoms with Crippen molar-refractivity contribution in [1.29, 1.82) is 0 Å². The van der Waals surface area contributed by atoms with Gasteiger partial charge < -0.3 is 14.9 Å². The predicted octanol–water partition coefficient (Wildman–Crippen LogP) is 1.77. The van der Waals surface area contributed by atoms with Crippen LogP contribution in [0.4, 0.5) is 5.82 Å². The highest BCUT2D eigenvalue weighted by Crippen LogP contribution is 2.13. The highest BCUT2D eigenvalue weighted by atomic mass is 16.5. The van der Waals surface area contributed by atoms with E-state index in [1.54, 1.807) is 6.07 Å². The third-order valence-electron chi connectivity index (χ3n) is 2.30. The van der Waals surface area contributed by atoms with E-state index in [1.807, 2.05) is 0 Å². The molecule has 1 aromatic heterocycles. The average Bonchev–Trinajstić information content (AvgIpc) is 2.38. The van der Waals surface area contributed by atoms with Crippen molar-refractivity contribution < 1.29 is 9.47 Å². The van der Waals surface area contributed by atoms with Crippen LogP contribution in [0.25, 0.3) is 0 Å². The molecule has 0 atom stereocenters. The second-order valence-electron chi connectivity index (χ2n) is 4.72. The van der Waals surface area contributed by atoms with Crippen LogP contribution in [0.3, 0.4) is 0 Å². The number of hydrazine groups is 1. The molecular weight excluding hydrogens is 244 g/mol. The van der Waals surface area contributed by atoms with Crippen molar-refractivity contribution in [2.24, 2.45) is 11.8 Å². The van der Waals surface area contributed by atoms with Crippen LogP contribution in [0.5, 0.6) is 5.88 Å². The molecule has 0 spiro atoms. The number of nitrogens with two attached hydrogens (primary N) is 1. The molecule has 1 aromatic rings. The molecular formula is C13H24N4O2. The maximum Gasteiger partial charge on any atom is 0.218 e. The lowest BCUT2D eigenvalue weighted by atomic mass is 10.2. The predicted molar refractivity (Wildman–Crippen MR) is 75.0 cm³/mol. The summed E-state index contributed by atoms with van der Waals surface area (Å²) in [5.74, 6) is 7.73. The van der Waals surface area contributed by atoms with Gasteiger partial charge in [0.25, 0.3) is 0 Å². The van der Waals surface area contributed by atoms with E-state index in [1.165, 1.54) is 0 Å². The Kier molecular flexibility index (Phi) is 7.14. The highest BCUT2D eigenvalue weighted by Gasteiger charge is 2.04. The molecule has 0 aliphatic rings. The average molecular weight is 268 g/mol.